The average molecular weight is 389 g/mol. The van der Waals surface area contributed by atoms with Gasteiger partial charge in [0.15, 0.2) is 10.8 Å². The van der Waals surface area contributed by atoms with Crippen molar-refractivity contribution in [2.24, 2.45) is 0 Å². The normalized spacial score (nSPS) is 11.9. The van der Waals surface area contributed by atoms with E-state index in [0.717, 1.165) is 16.7 Å². The van der Waals surface area contributed by atoms with E-state index in [1.54, 1.807) is 0 Å². The lowest BCUT2D eigenvalue weighted by atomic mass is 10.0. The molecule has 2 aromatic heterocycles. The standard InChI is InChI=1S/C19H12ClF3N4/c20-16-15-17(26-18(25-16)19(21,22)23)27(11-24-15)10-12-6-8-14(9-7-12)13-4-2-1-3-5-13/h1-9,11H,10H2. The van der Waals surface area contributed by atoms with Crippen molar-refractivity contribution in [2.75, 3.05) is 0 Å². The van der Waals surface area contributed by atoms with Gasteiger partial charge in [-0.1, -0.05) is 66.2 Å². The van der Waals surface area contributed by atoms with Crippen LogP contribution in [0.5, 0.6) is 0 Å². The lowest BCUT2D eigenvalue weighted by molar-refractivity contribution is -0.144. The van der Waals surface area contributed by atoms with Gasteiger partial charge in [-0.3, -0.25) is 0 Å². The van der Waals surface area contributed by atoms with E-state index >= 15 is 0 Å². The van der Waals surface area contributed by atoms with Gasteiger partial charge in [0.05, 0.1) is 12.9 Å². The molecule has 0 aliphatic heterocycles. The first-order valence-electron chi connectivity index (χ1n) is 8.02. The summed E-state index contributed by atoms with van der Waals surface area (Å²) in [6, 6.07) is 17.7. The molecule has 2 aromatic carbocycles. The molecule has 4 aromatic rings. The smallest absolute Gasteiger partial charge is 0.311 e. The molecule has 0 amide bonds. The molecule has 4 nitrogen and oxygen atoms in total. The third-order valence-corrected chi connectivity index (χ3v) is 4.35. The minimum atomic E-state index is -4.68. The molecular formula is C19H12ClF3N4. The Morgan fingerprint density at radius 3 is 2.22 bits per heavy atom. The van der Waals surface area contributed by atoms with Crippen molar-refractivity contribution in [1.29, 1.82) is 0 Å². The maximum absolute atomic E-state index is 13.0. The molecule has 0 bridgehead atoms. The summed E-state index contributed by atoms with van der Waals surface area (Å²) in [6.07, 6.45) is -3.26. The van der Waals surface area contributed by atoms with Gasteiger partial charge in [0.25, 0.3) is 0 Å². The lowest BCUT2D eigenvalue weighted by Gasteiger charge is -2.08. The van der Waals surface area contributed by atoms with Gasteiger partial charge in [-0.25, -0.2) is 15.0 Å². The number of imidazole rings is 1. The van der Waals surface area contributed by atoms with Crippen molar-refractivity contribution in [3.05, 3.63) is 77.5 Å². The topological polar surface area (TPSA) is 43.6 Å². The molecule has 27 heavy (non-hydrogen) atoms. The van der Waals surface area contributed by atoms with E-state index in [0.29, 0.717) is 6.54 Å². The summed E-state index contributed by atoms with van der Waals surface area (Å²) >= 11 is 5.85. The molecule has 0 spiro atoms. The van der Waals surface area contributed by atoms with E-state index in [4.69, 9.17) is 11.6 Å². The molecule has 0 aliphatic carbocycles. The first kappa shape index (κ1) is 17.5. The number of halogens is 4. The predicted octanol–water partition coefficient (Wildman–Crippen LogP) is 5.21. The van der Waals surface area contributed by atoms with Crippen LogP contribution >= 0.6 is 11.6 Å². The zero-order valence-corrected chi connectivity index (χ0v) is 14.5. The largest absolute Gasteiger partial charge is 0.451 e. The number of hydrogen-bond donors (Lipinski definition) is 0. The van der Waals surface area contributed by atoms with Crippen LogP contribution in [-0.4, -0.2) is 19.5 Å². The zero-order chi connectivity index (χ0) is 19.0. The first-order valence-corrected chi connectivity index (χ1v) is 8.39. The van der Waals surface area contributed by atoms with Crippen molar-refractivity contribution < 1.29 is 13.2 Å². The van der Waals surface area contributed by atoms with E-state index in [1.165, 1.54) is 10.9 Å². The van der Waals surface area contributed by atoms with E-state index in [1.807, 2.05) is 54.6 Å². The number of aromatic nitrogens is 4. The quantitative estimate of drug-likeness (QED) is 0.452. The maximum Gasteiger partial charge on any atom is 0.451 e. The van der Waals surface area contributed by atoms with Crippen LogP contribution in [0.15, 0.2) is 60.9 Å². The summed E-state index contributed by atoms with van der Waals surface area (Å²) in [5.41, 5.74) is 3.24. The Morgan fingerprint density at radius 2 is 1.56 bits per heavy atom. The minimum Gasteiger partial charge on any atom is -0.311 e. The van der Waals surface area contributed by atoms with Crippen LogP contribution in [-0.2, 0) is 12.7 Å². The molecule has 0 atom stereocenters. The van der Waals surface area contributed by atoms with Crippen molar-refractivity contribution in [2.45, 2.75) is 12.7 Å². The fourth-order valence-corrected chi connectivity index (χ4v) is 3.00. The molecule has 4 rings (SSSR count). The Balaban J connectivity index is 1.66. The van der Waals surface area contributed by atoms with Crippen molar-refractivity contribution in [3.63, 3.8) is 0 Å². The SMILES string of the molecule is FC(F)(F)c1nc(Cl)c2ncn(Cc3ccc(-c4ccccc4)cc3)c2n1. The molecular weight excluding hydrogens is 377 g/mol. The fourth-order valence-electron chi connectivity index (χ4n) is 2.78. The Kier molecular flexibility index (Phi) is 4.31. The van der Waals surface area contributed by atoms with Crippen molar-refractivity contribution in [3.8, 4) is 11.1 Å². The van der Waals surface area contributed by atoms with Gasteiger partial charge in [-0.2, -0.15) is 13.2 Å². The van der Waals surface area contributed by atoms with Gasteiger partial charge < -0.3 is 4.57 Å². The molecule has 0 radical (unpaired) electrons. The van der Waals surface area contributed by atoms with Crippen LogP contribution in [0.1, 0.15) is 11.4 Å². The van der Waals surface area contributed by atoms with Gasteiger partial charge in [0.1, 0.15) is 5.52 Å². The van der Waals surface area contributed by atoms with Crippen LogP contribution < -0.4 is 0 Å². The Morgan fingerprint density at radius 1 is 0.889 bits per heavy atom. The highest BCUT2D eigenvalue weighted by atomic mass is 35.5. The van der Waals surface area contributed by atoms with E-state index in [2.05, 4.69) is 15.0 Å². The molecule has 0 saturated heterocycles. The van der Waals surface area contributed by atoms with Gasteiger partial charge in [0.2, 0.25) is 5.82 Å². The summed E-state index contributed by atoms with van der Waals surface area (Å²) in [7, 11) is 0. The summed E-state index contributed by atoms with van der Waals surface area (Å²) in [4.78, 5) is 10.9. The molecule has 0 saturated carbocycles. The molecule has 0 unspecified atom stereocenters. The summed E-state index contributed by atoms with van der Waals surface area (Å²) < 4.78 is 40.4. The predicted molar refractivity (Wildman–Crippen MR) is 96.3 cm³/mol. The summed E-state index contributed by atoms with van der Waals surface area (Å²) in [6.45, 7) is 0.316. The van der Waals surface area contributed by atoms with Crippen LogP contribution in [0.3, 0.4) is 0 Å². The highest BCUT2D eigenvalue weighted by Gasteiger charge is 2.36. The second-order valence-corrected chi connectivity index (χ2v) is 6.30. The minimum absolute atomic E-state index is 0.0504. The second kappa shape index (κ2) is 6.66. The van der Waals surface area contributed by atoms with Gasteiger partial charge >= 0.3 is 6.18 Å². The Labute approximate surface area is 157 Å². The molecule has 136 valence electrons. The monoisotopic (exact) mass is 388 g/mol. The number of hydrogen-bond acceptors (Lipinski definition) is 3. The summed E-state index contributed by atoms with van der Waals surface area (Å²) in [5, 5.41) is -0.314. The fraction of sp³-hybridized carbons (Fsp3) is 0.105. The van der Waals surface area contributed by atoms with Gasteiger partial charge in [-0.05, 0) is 16.7 Å². The number of benzene rings is 2. The Hall–Kier alpha value is -2.93. The third-order valence-electron chi connectivity index (χ3n) is 4.09. The first-order chi connectivity index (χ1) is 12.9. The molecule has 0 aliphatic rings. The van der Waals surface area contributed by atoms with Crippen LogP contribution in [0.25, 0.3) is 22.3 Å². The van der Waals surface area contributed by atoms with Crippen LogP contribution in [0.2, 0.25) is 5.15 Å². The van der Waals surface area contributed by atoms with Crippen molar-refractivity contribution in [1.82, 2.24) is 19.5 Å². The summed E-state index contributed by atoms with van der Waals surface area (Å²) in [5.74, 6) is -1.28. The van der Waals surface area contributed by atoms with Gasteiger partial charge in [-0.15, -0.1) is 0 Å². The lowest BCUT2D eigenvalue weighted by Crippen LogP contribution is -2.12. The van der Waals surface area contributed by atoms with E-state index in [-0.39, 0.29) is 16.3 Å². The molecule has 0 fully saturated rings. The highest BCUT2D eigenvalue weighted by Crippen LogP contribution is 2.30. The number of alkyl halides is 3. The van der Waals surface area contributed by atoms with Crippen molar-refractivity contribution >= 4 is 22.8 Å². The van der Waals surface area contributed by atoms with E-state index < -0.39 is 12.0 Å². The number of rotatable bonds is 3. The highest BCUT2D eigenvalue weighted by molar-refractivity contribution is 6.33. The number of fused-ring (bicyclic) bond motifs is 1. The van der Waals surface area contributed by atoms with Crippen LogP contribution in [0, 0.1) is 0 Å². The van der Waals surface area contributed by atoms with Gasteiger partial charge in [0, 0.05) is 0 Å². The maximum atomic E-state index is 13.0. The van der Waals surface area contributed by atoms with E-state index in [9.17, 15) is 13.2 Å². The number of nitrogens with zero attached hydrogens (tertiary/aromatic N) is 4. The molecule has 0 N–H and O–H groups in total. The molecule has 8 heteroatoms. The van der Waals surface area contributed by atoms with Crippen LogP contribution in [0.4, 0.5) is 13.2 Å². The zero-order valence-electron chi connectivity index (χ0n) is 13.8. The average Bonchev–Trinajstić information content (AvgIpc) is 3.06. The Bertz CT molecular complexity index is 1090. The second-order valence-electron chi connectivity index (χ2n) is 5.94. The molecule has 2 heterocycles. The third kappa shape index (κ3) is 3.50.